The number of likely N-dealkylation sites (N-methyl/N-ethyl adjacent to an activating group) is 1. The second kappa shape index (κ2) is 7.17. The molecule has 0 aromatic heterocycles. The summed E-state index contributed by atoms with van der Waals surface area (Å²) in [5.41, 5.74) is 0. The first-order valence-corrected chi connectivity index (χ1v) is 9.17. The maximum absolute atomic E-state index is 12.5. The maximum Gasteiger partial charge on any atom is 0.243 e. The largest absolute Gasteiger partial charge is 0.372 e. The standard InChI is InChI=1S/C15H21ClN2O4S/c1-11-8-18(9-12(2)22-11)15(19)10-17(3)23(20,21)14-6-4-5-13(16)7-14/h4-7,11-12H,8-10H2,1-3H3. The molecule has 1 aliphatic heterocycles. The van der Waals surface area contributed by atoms with Crippen LogP contribution < -0.4 is 0 Å². The Morgan fingerprint density at radius 1 is 1.35 bits per heavy atom. The van der Waals surface area contributed by atoms with Crippen molar-refractivity contribution in [2.24, 2.45) is 0 Å². The van der Waals surface area contributed by atoms with E-state index in [9.17, 15) is 13.2 Å². The molecule has 1 fully saturated rings. The van der Waals surface area contributed by atoms with Gasteiger partial charge in [-0.1, -0.05) is 17.7 Å². The van der Waals surface area contributed by atoms with Gasteiger partial charge in [0.15, 0.2) is 0 Å². The SMILES string of the molecule is CC1CN(C(=O)CN(C)S(=O)(=O)c2cccc(Cl)c2)CC(C)O1. The summed E-state index contributed by atoms with van der Waals surface area (Å²) >= 11 is 5.84. The molecular formula is C15H21ClN2O4S. The number of hydrogen-bond donors (Lipinski definition) is 0. The summed E-state index contributed by atoms with van der Waals surface area (Å²) in [6.45, 7) is 4.50. The Morgan fingerprint density at radius 3 is 2.52 bits per heavy atom. The highest BCUT2D eigenvalue weighted by atomic mass is 35.5. The van der Waals surface area contributed by atoms with Gasteiger partial charge in [0.25, 0.3) is 0 Å². The lowest BCUT2D eigenvalue weighted by Gasteiger charge is -2.36. The molecule has 0 radical (unpaired) electrons. The quantitative estimate of drug-likeness (QED) is 0.818. The van der Waals surface area contributed by atoms with Gasteiger partial charge in [-0.3, -0.25) is 4.79 Å². The minimum Gasteiger partial charge on any atom is -0.372 e. The highest BCUT2D eigenvalue weighted by molar-refractivity contribution is 7.89. The van der Waals surface area contributed by atoms with Crippen LogP contribution in [-0.4, -0.2) is 62.4 Å². The van der Waals surface area contributed by atoms with Crippen LogP contribution in [-0.2, 0) is 19.6 Å². The Morgan fingerprint density at radius 2 is 1.96 bits per heavy atom. The fourth-order valence-electron chi connectivity index (χ4n) is 2.56. The molecule has 0 bridgehead atoms. The molecule has 1 amide bonds. The normalized spacial score (nSPS) is 22.4. The van der Waals surface area contributed by atoms with Crippen LogP contribution in [0.5, 0.6) is 0 Å². The van der Waals surface area contributed by atoms with Gasteiger partial charge in [0.05, 0.1) is 23.6 Å². The zero-order valence-electron chi connectivity index (χ0n) is 13.4. The average Bonchev–Trinajstić information content (AvgIpc) is 2.46. The summed E-state index contributed by atoms with van der Waals surface area (Å²) < 4.78 is 31.6. The van der Waals surface area contributed by atoms with Crippen molar-refractivity contribution in [1.29, 1.82) is 0 Å². The lowest BCUT2D eigenvalue weighted by atomic mass is 10.2. The molecule has 0 aliphatic carbocycles. The van der Waals surface area contributed by atoms with Crippen LogP contribution in [0.3, 0.4) is 0 Å². The van der Waals surface area contributed by atoms with Gasteiger partial charge in [-0.05, 0) is 32.0 Å². The van der Waals surface area contributed by atoms with Gasteiger partial charge in [-0.2, -0.15) is 4.31 Å². The molecule has 2 atom stereocenters. The van der Waals surface area contributed by atoms with Crippen molar-refractivity contribution in [2.75, 3.05) is 26.7 Å². The molecule has 0 N–H and O–H groups in total. The molecule has 23 heavy (non-hydrogen) atoms. The number of amides is 1. The molecule has 128 valence electrons. The summed E-state index contributed by atoms with van der Waals surface area (Å²) in [5.74, 6) is -0.236. The minimum atomic E-state index is -3.75. The van der Waals surface area contributed by atoms with Crippen molar-refractivity contribution in [1.82, 2.24) is 9.21 Å². The molecule has 6 nitrogen and oxygen atoms in total. The highest BCUT2D eigenvalue weighted by Gasteiger charge is 2.29. The molecule has 1 aromatic carbocycles. The van der Waals surface area contributed by atoms with Crippen molar-refractivity contribution in [3.8, 4) is 0 Å². The second-order valence-electron chi connectivity index (χ2n) is 5.77. The molecule has 1 aliphatic rings. The Hall–Kier alpha value is -1.15. The monoisotopic (exact) mass is 360 g/mol. The molecule has 8 heteroatoms. The molecule has 0 saturated carbocycles. The first-order chi connectivity index (χ1) is 10.7. The van der Waals surface area contributed by atoms with Crippen LogP contribution in [0, 0.1) is 0 Å². The number of ether oxygens (including phenoxy) is 1. The average molecular weight is 361 g/mol. The molecule has 1 aromatic rings. The third kappa shape index (κ3) is 4.44. The van der Waals surface area contributed by atoms with E-state index in [1.807, 2.05) is 13.8 Å². The van der Waals surface area contributed by atoms with Gasteiger partial charge in [0.1, 0.15) is 0 Å². The first-order valence-electron chi connectivity index (χ1n) is 7.35. The van der Waals surface area contributed by atoms with E-state index < -0.39 is 10.0 Å². The number of nitrogens with zero attached hydrogens (tertiary/aromatic N) is 2. The molecule has 1 heterocycles. The minimum absolute atomic E-state index is 0.0578. The molecule has 2 rings (SSSR count). The van der Waals surface area contributed by atoms with Crippen molar-refractivity contribution >= 4 is 27.5 Å². The number of rotatable bonds is 4. The fraction of sp³-hybridized carbons (Fsp3) is 0.533. The molecule has 1 saturated heterocycles. The van der Waals surface area contributed by atoms with E-state index in [2.05, 4.69) is 0 Å². The number of halogens is 1. The van der Waals surface area contributed by atoms with Crippen molar-refractivity contribution < 1.29 is 17.9 Å². The fourth-order valence-corrected chi connectivity index (χ4v) is 3.99. The topological polar surface area (TPSA) is 66.9 Å². The van der Waals surface area contributed by atoms with Gasteiger partial charge < -0.3 is 9.64 Å². The van der Waals surface area contributed by atoms with Gasteiger partial charge in [-0.15, -0.1) is 0 Å². The Kier molecular flexibility index (Phi) is 5.67. The van der Waals surface area contributed by atoms with Gasteiger partial charge in [-0.25, -0.2) is 8.42 Å². The van der Waals surface area contributed by atoms with Crippen LogP contribution in [0.2, 0.25) is 5.02 Å². The molecular weight excluding hydrogens is 340 g/mol. The molecule has 2 unspecified atom stereocenters. The van der Waals surface area contributed by atoms with Gasteiger partial charge in [0, 0.05) is 25.2 Å². The highest BCUT2D eigenvalue weighted by Crippen LogP contribution is 2.19. The van der Waals surface area contributed by atoms with Crippen LogP contribution in [0.15, 0.2) is 29.2 Å². The maximum atomic E-state index is 12.5. The van der Waals surface area contributed by atoms with Gasteiger partial charge in [0.2, 0.25) is 15.9 Å². The number of carbonyl (C=O) groups is 1. The third-order valence-electron chi connectivity index (χ3n) is 3.63. The number of morpholine rings is 1. The van der Waals surface area contributed by atoms with E-state index in [1.54, 1.807) is 17.0 Å². The van der Waals surface area contributed by atoms with Crippen molar-refractivity contribution in [3.63, 3.8) is 0 Å². The van der Waals surface area contributed by atoms with Crippen molar-refractivity contribution in [2.45, 2.75) is 31.0 Å². The van der Waals surface area contributed by atoms with E-state index >= 15 is 0 Å². The number of hydrogen-bond acceptors (Lipinski definition) is 4. The van der Waals surface area contributed by atoms with Crippen LogP contribution >= 0.6 is 11.6 Å². The van der Waals surface area contributed by atoms with E-state index in [4.69, 9.17) is 16.3 Å². The van der Waals surface area contributed by atoms with E-state index in [0.717, 1.165) is 4.31 Å². The summed E-state index contributed by atoms with van der Waals surface area (Å²) in [4.78, 5) is 14.1. The molecule has 0 spiro atoms. The Balaban J connectivity index is 2.08. The summed E-state index contributed by atoms with van der Waals surface area (Å²) in [5, 5.41) is 0.335. The van der Waals surface area contributed by atoms with Crippen LogP contribution in [0.4, 0.5) is 0 Å². The van der Waals surface area contributed by atoms with Crippen LogP contribution in [0.25, 0.3) is 0 Å². The number of sulfonamides is 1. The smallest absolute Gasteiger partial charge is 0.243 e. The Bertz CT molecular complexity index is 670. The third-order valence-corrected chi connectivity index (χ3v) is 5.67. The predicted molar refractivity (Wildman–Crippen MR) is 87.9 cm³/mol. The van der Waals surface area contributed by atoms with Crippen molar-refractivity contribution in [3.05, 3.63) is 29.3 Å². The van der Waals surface area contributed by atoms with E-state index in [-0.39, 0.29) is 29.6 Å². The lowest BCUT2D eigenvalue weighted by molar-refractivity contribution is -0.143. The Labute approximate surface area is 142 Å². The predicted octanol–water partition coefficient (Wildman–Crippen LogP) is 1.60. The van der Waals surface area contributed by atoms with Gasteiger partial charge >= 0.3 is 0 Å². The summed E-state index contributed by atoms with van der Waals surface area (Å²) in [6.07, 6.45) is -0.116. The van der Waals surface area contributed by atoms with Crippen LogP contribution in [0.1, 0.15) is 13.8 Å². The zero-order chi connectivity index (χ0) is 17.2. The lowest BCUT2D eigenvalue weighted by Crippen LogP contribution is -2.51. The summed E-state index contributed by atoms with van der Waals surface area (Å²) in [7, 11) is -2.36. The summed E-state index contributed by atoms with van der Waals surface area (Å²) in [6, 6.07) is 6.00. The van der Waals surface area contributed by atoms with E-state index in [0.29, 0.717) is 18.1 Å². The number of benzene rings is 1. The number of carbonyl (C=O) groups excluding carboxylic acids is 1. The van der Waals surface area contributed by atoms with E-state index in [1.165, 1.54) is 19.2 Å². The second-order valence-corrected chi connectivity index (χ2v) is 8.26. The first kappa shape index (κ1) is 18.2. The zero-order valence-corrected chi connectivity index (χ0v) is 15.0.